The monoisotopic (exact) mass is 305 g/mol. The predicted molar refractivity (Wildman–Crippen MR) is 69.6 cm³/mol. The molecule has 1 aliphatic rings. The van der Waals surface area contributed by atoms with Gasteiger partial charge in [0.1, 0.15) is 16.5 Å². The Kier molecular flexibility index (Phi) is 4.13. The van der Waals surface area contributed by atoms with Crippen LogP contribution in [0, 0.1) is 11.6 Å². The van der Waals surface area contributed by atoms with Gasteiger partial charge >= 0.3 is 0 Å². The van der Waals surface area contributed by atoms with Gasteiger partial charge in [0.05, 0.1) is 5.60 Å². The van der Waals surface area contributed by atoms with Gasteiger partial charge in [0, 0.05) is 13.6 Å². The van der Waals surface area contributed by atoms with Gasteiger partial charge in [0.2, 0.25) is 10.0 Å². The molecular formula is C13H17F2NO3S. The lowest BCUT2D eigenvalue weighted by atomic mass is 10.0. The summed E-state index contributed by atoms with van der Waals surface area (Å²) in [6.45, 7) is -0.120. The third-order valence-corrected chi connectivity index (χ3v) is 5.45. The van der Waals surface area contributed by atoms with Gasteiger partial charge in [0.25, 0.3) is 0 Å². The van der Waals surface area contributed by atoms with Gasteiger partial charge in [-0.1, -0.05) is 12.8 Å². The molecule has 20 heavy (non-hydrogen) atoms. The van der Waals surface area contributed by atoms with Crippen LogP contribution in [0.2, 0.25) is 0 Å². The van der Waals surface area contributed by atoms with Crippen LogP contribution in [0.3, 0.4) is 0 Å². The van der Waals surface area contributed by atoms with E-state index in [0.29, 0.717) is 18.9 Å². The van der Waals surface area contributed by atoms with E-state index in [-0.39, 0.29) is 6.54 Å². The van der Waals surface area contributed by atoms with Gasteiger partial charge in [0.15, 0.2) is 0 Å². The number of hydrogen-bond acceptors (Lipinski definition) is 3. The summed E-state index contributed by atoms with van der Waals surface area (Å²) >= 11 is 0. The van der Waals surface area contributed by atoms with Crippen molar-refractivity contribution in [2.75, 3.05) is 13.6 Å². The number of benzene rings is 1. The Balaban J connectivity index is 2.27. The van der Waals surface area contributed by atoms with Crippen LogP contribution in [0.4, 0.5) is 8.78 Å². The molecule has 0 aromatic heterocycles. The Labute approximate surface area is 117 Å². The summed E-state index contributed by atoms with van der Waals surface area (Å²) in [7, 11) is -2.90. The van der Waals surface area contributed by atoms with Crippen LogP contribution in [0.1, 0.15) is 25.7 Å². The topological polar surface area (TPSA) is 57.6 Å². The molecule has 7 heteroatoms. The van der Waals surface area contributed by atoms with Gasteiger partial charge in [-0.05, 0) is 31.0 Å². The van der Waals surface area contributed by atoms with Gasteiger partial charge < -0.3 is 5.11 Å². The number of sulfonamides is 1. The second-order valence-corrected chi connectivity index (χ2v) is 7.28. The highest BCUT2D eigenvalue weighted by Crippen LogP contribution is 2.31. The van der Waals surface area contributed by atoms with Crippen LogP contribution in [-0.2, 0) is 10.0 Å². The van der Waals surface area contributed by atoms with Crippen molar-refractivity contribution in [2.24, 2.45) is 0 Å². The summed E-state index contributed by atoms with van der Waals surface area (Å²) in [6.07, 6.45) is 2.69. The average Bonchev–Trinajstić information content (AvgIpc) is 2.78. The van der Waals surface area contributed by atoms with Crippen molar-refractivity contribution in [1.29, 1.82) is 0 Å². The molecule has 1 fully saturated rings. The fourth-order valence-corrected chi connectivity index (χ4v) is 3.86. The highest BCUT2D eigenvalue weighted by molar-refractivity contribution is 7.89. The van der Waals surface area contributed by atoms with E-state index in [1.807, 2.05) is 0 Å². The Morgan fingerprint density at radius 1 is 1.30 bits per heavy atom. The SMILES string of the molecule is CN(CC1(O)CCCC1)S(=O)(=O)c1cc(F)ccc1F. The van der Waals surface area contributed by atoms with Gasteiger partial charge in [-0.3, -0.25) is 0 Å². The molecule has 112 valence electrons. The van der Waals surface area contributed by atoms with E-state index in [9.17, 15) is 22.3 Å². The van der Waals surface area contributed by atoms with Crippen LogP contribution in [0.15, 0.2) is 23.1 Å². The first-order valence-electron chi connectivity index (χ1n) is 6.38. The van der Waals surface area contributed by atoms with Crippen molar-refractivity contribution in [3.8, 4) is 0 Å². The largest absolute Gasteiger partial charge is 0.389 e. The first kappa shape index (κ1) is 15.3. The Morgan fingerprint density at radius 2 is 1.90 bits per heavy atom. The summed E-state index contributed by atoms with van der Waals surface area (Å²) < 4.78 is 52.1. The van der Waals surface area contributed by atoms with Crippen LogP contribution in [0.25, 0.3) is 0 Å². The molecule has 0 spiro atoms. The first-order valence-corrected chi connectivity index (χ1v) is 7.82. The molecule has 0 saturated heterocycles. The van der Waals surface area contributed by atoms with Crippen molar-refractivity contribution in [1.82, 2.24) is 4.31 Å². The van der Waals surface area contributed by atoms with Crippen molar-refractivity contribution in [3.63, 3.8) is 0 Å². The number of nitrogens with zero attached hydrogens (tertiary/aromatic N) is 1. The zero-order chi connectivity index (χ0) is 15.0. The highest BCUT2D eigenvalue weighted by atomic mass is 32.2. The Hall–Kier alpha value is -1.05. The standard InChI is InChI=1S/C13H17F2NO3S/c1-16(9-13(17)6-2-3-7-13)20(18,19)12-8-10(14)4-5-11(12)15/h4-5,8,17H,2-3,6-7,9H2,1H3. The number of hydrogen-bond donors (Lipinski definition) is 1. The van der Waals surface area contributed by atoms with Gasteiger partial charge in [-0.15, -0.1) is 0 Å². The molecule has 2 rings (SSSR count). The number of halogens is 2. The summed E-state index contributed by atoms with van der Waals surface area (Å²) in [6, 6.07) is 2.29. The summed E-state index contributed by atoms with van der Waals surface area (Å²) in [5.74, 6) is -1.82. The molecule has 0 radical (unpaired) electrons. The molecule has 0 bridgehead atoms. The lowest BCUT2D eigenvalue weighted by molar-refractivity contribution is 0.0333. The Bertz CT molecular complexity index is 598. The minimum absolute atomic E-state index is 0.120. The predicted octanol–water partition coefficient (Wildman–Crippen LogP) is 1.89. The third-order valence-electron chi connectivity index (χ3n) is 3.63. The van der Waals surface area contributed by atoms with E-state index < -0.39 is 32.2 Å². The maximum absolute atomic E-state index is 13.6. The van der Waals surface area contributed by atoms with Gasteiger partial charge in [-0.25, -0.2) is 17.2 Å². The normalized spacial score (nSPS) is 18.6. The van der Waals surface area contributed by atoms with Crippen molar-refractivity contribution >= 4 is 10.0 Å². The fraction of sp³-hybridized carbons (Fsp3) is 0.538. The molecule has 1 aromatic rings. The minimum atomic E-state index is -4.16. The quantitative estimate of drug-likeness (QED) is 0.924. The Morgan fingerprint density at radius 3 is 2.50 bits per heavy atom. The molecule has 0 amide bonds. The van der Waals surface area contributed by atoms with Crippen molar-refractivity contribution in [2.45, 2.75) is 36.2 Å². The summed E-state index contributed by atoms with van der Waals surface area (Å²) in [4.78, 5) is -0.707. The fourth-order valence-electron chi connectivity index (χ4n) is 2.53. The highest BCUT2D eigenvalue weighted by Gasteiger charge is 2.36. The molecule has 0 heterocycles. The summed E-state index contributed by atoms with van der Waals surface area (Å²) in [5, 5.41) is 10.2. The van der Waals surface area contributed by atoms with E-state index >= 15 is 0 Å². The number of rotatable bonds is 4. The third kappa shape index (κ3) is 2.99. The van der Waals surface area contributed by atoms with Crippen LogP contribution in [0.5, 0.6) is 0 Å². The van der Waals surface area contributed by atoms with Crippen LogP contribution in [-0.4, -0.2) is 37.0 Å². The molecule has 0 unspecified atom stereocenters. The summed E-state index contributed by atoms with van der Waals surface area (Å²) in [5.41, 5.74) is -1.08. The van der Waals surface area contributed by atoms with Crippen LogP contribution < -0.4 is 0 Å². The van der Waals surface area contributed by atoms with Crippen molar-refractivity contribution in [3.05, 3.63) is 29.8 Å². The molecule has 4 nitrogen and oxygen atoms in total. The second-order valence-electron chi connectivity index (χ2n) is 5.27. The van der Waals surface area contributed by atoms with E-state index in [1.165, 1.54) is 7.05 Å². The molecular weight excluding hydrogens is 288 g/mol. The maximum Gasteiger partial charge on any atom is 0.245 e. The zero-order valence-electron chi connectivity index (χ0n) is 11.1. The molecule has 0 atom stereocenters. The van der Waals surface area contributed by atoms with Gasteiger partial charge in [-0.2, -0.15) is 4.31 Å². The lowest BCUT2D eigenvalue weighted by Crippen LogP contribution is -2.42. The lowest BCUT2D eigenvalue weighted by Gasteiger charge is -2.28. The molecule has 1 aliphatic carbocycles. The molecule has 1 N–H and O–H groups in total. The van der Waals surface area contributed by atoms with E-state index in [1.54, 1.807) is 0 Å². The van der Waals surface area contributed by atoms with Crippen LogP contribution >= 0.6 is 0 Å². The number of aliphatic hydroxyl groups is 1. The second kappa shape index (κ2) is 5.38. The smallest absolute Gasteiger partial charge is 0.245 e. The van der Waals surface area contributed by atoms with E-state index in [0.717, 1.165) is 29.3 Å². The molecule has 0 aliphatic heterocycles. The average molecular weight is 305 g/mol. The molecule has 1 saturated carbocycles. The maximum atomic E-state index is 13.6. The van der Waals surface area contributed by atoms with E-state index in [4.69, 9.17) is 0 Å². The number of likely N-dealkylation sites (N-methyl/N-ethyl adjacent to an activating group) is 1. The van der Waals surface area contributed by atoms with Crippen molar-refractivity contribution < 1.29 is 22.3 Å². The van der Waals surface area contributed by atoms with E-state index in [2.05, 4.69) is 0 Å². The minimum Gasteiger partial charge on any atom is -0.389 e. The molecule has 1 aromatic carbocycles. The first-order chi connectivity index (χ1) is 9.24. The zero-order valence-corrected chi connectivity index (χ0v) is 12.0.